The second-order valence-electron chi connectivity index (χ2n) is 5.39. The van der Waals surface area contributed by atoms with Gasteiger partial charge in [-0.15, -0.1) is 0 Å². The normalized spacial score (nSPS) is 21.1. The van der Waals surface area contributed by atoms with E-state index in [1.54, 1.807) is 0 Å². The Morgan fingerprint density at radius 3 is 2.40 bits per heavy atom. The number of carbonyl (C=O) groups excluding carboxylic acids is 1. The molecule has 0 spiro atoms. The maximum Gasteiger partial charge on any atom is 0.306 e. The van der Waals surface area contributed by atoms with Crippen LogP contribution < -0.4 is 0 Å². The monoisotopic (exact) mass is 276 g/mol. The smallest absolute Gasteiger partial charge is 0.306 e. The molecule has 1 saturated heterocycles. The van der Waals surface area contributed by atoms with Crippen LogP contribution in [-0.4, -0.2) is 62.1 Å². The van der Waals surface area contributed by atoms with Crippen molar-refractivity contribution >= 4 is 5.97 Å². The second-order valence-corrected chi connectivity index (χ2v) is 5.39. The zero-order valence-electron chi connectivity index (χ0n) is 12.2. The number of ether oxygens (including phenoxy) is 1. The highest BCUT2D eigenvalue weighted by molar-refractivity contribution is 5.70. The largest absolute Gasteiger partial charge is 0.464 e. The molecule has 20 heavy (non-hydrogen) atoms. The standard InChI is InChI=1S/C16H24N2O2/c1-17-8-10-18(11-9-17)12-13-20-16(19)14-15-6-4-2-3-5-7-15/h2-7,15H,8-14H2,1H3. The molecule has 0 radical (unpaired) electrons. The van der Waals surface area contributed by atoms with E-state index in [4.69, 9.17) is 4.74 Å². The number of allylic oxidation sites excluding steroid dienone is 6. The number of likely N-dealkylation sites (N-methyl/N-ethyl adjacent to an activating group) is 1. The van der Waals surface area contributed by atoms with Crippen molar-refractivity contribution in [2.45, 2.75) is 6.42 Å². The van der Waals surface area contributed by atoms with Crippen LogP contribution in [0.1, 0.15) is 6.42 Å². The van der Waals surface area contributed by atoms with E-state index in [9.17, 15) is 4.79 Å². The van der Waals surface area contributed by atoms with Crippen molar-refractivity contribution in [3.63, 3.8) is 0 Å². The van der Waals surface area contributed by atoms with Gasteiger partial charge in [-0.3, -0.25) is 9.69 Å². The maximum atomic E-state index is 11.8. The third-order valence-corrected chi connectivity index (χ3v) is 3.72. The molecular formula is C16H24N2O2. The Morgan fingerprint density at radius 1 is 1.10 bits per heavy atom. The third-order valence-electron chi connectivity index (χ3n) is 3.72. The highest BCUT2D eigenvalue weighted by Crippen LogP contribution is 2.11. The minimum absolute atomic E-state index is 0.111. The first-order valence-electron chi connectivity index (χ1n) is 7.32. The van der Waals surface area contributed by atoms with Gasteiger partial charge in [0.25, 0.3) is 0 Å². The van der Waals surface area contributed by atoms with E-state index < -0.39 is 0 Å². The molecule has 1 aliphatic carbocycles. The lowest BCUT2D eigenvalue weighted by atomic mass is 10.1. The molecular weight excluding hydrogens is 252 g/mol. The average Bonchev–Trinajstić information content (AvgIpc) is 2.70. The summed E-state index contributed by atoms with van der Waals surface area (Å²) in [4.78, 5) is 16.5. The molecule has 2 rings (SSSR count). The molecule has 0 atom stereocenters. The van der Waals surface area contributed by atoms with Crippen molar-refractivity contribution < 1.29 is 9.53 Å². The van der Waals surface area contributed by atoms with Crippen molar-refractivity contribution in [2.24, 2.45) is 5.92 Å². The lowest BCUT2D eigenvalue weighted by Crippen LogP contribution is -2.45. The lowest BCUT2D eigenvalue weighted by Gasteiger charge is -2.32. The Hall–Kier alpha value is -1.39. The van der Waals surface area contributed by atoms with Crippen LogP contribution in [-0.2, 0) is 9.53 Å². The Balaban J connectivity index is 1.60. The van der Waals surface area contributed by atoms with Gasteiger partial charge in [-0.2, -0.15) is 0 Å². The van der Waals surface area contributed by atoms with Crippen molar-refractivity contribution in [1.82, 2.24) is 9.80 Å². The van der Waals surface area contributed by atoms with Crippen LogP contribution in [0.3, 0.4) is 0 Å². The fraction of sp³-hybridized carbons (Fsp3) is 0.562. The molecule has 0 amide bonds. The zero-order chi connectivity index (χ0) is 14.2. The number of rotatable bonds is 5. The van der Waals surface area contributed by atoms with E-state index in [0.29, 0.717) is 13.0 Å². The van der Waals surface area contributed by atoms with Gasteiger partial charge < -0.3 is 9.64 Å². The summed E-state index contributed by atoms with van der Waals surface area (Å²) in [7, 11) is 2.14. The van der Waals surface area contributed by atoms with Gasteiger partial charge in [-0.05, 0) is 7.05 Å². The van der Waals surface area contributed by atoms with Crippen LogP contribution in [0.2, 0.25) is 0 Å². The molecule has 0 saturated carbocycles. The van der Waals surface area contributed by atoms with E-state index in [0.717, 1.165) is 32.7 Å². The quantitative estimate of drug-likeness (QED) is 0.712. The van der Waals surface area contributed by atoms with Gasteiger partial charge in [0.05, 0.1) is 6.42 Å². The molecule has 1 aliphatic heterocycles. The molecule has 4 nitrogen and oxygen atoms in total. The van der Waals surface area contributed by atoms with Crippen molar-refractivity contribution in [1.29, 1.82) is 0 Å². The molecule has 0 bridgehead atoms. The number of esters is 1. The van der Waals surface area contributed by atoms with E-state index >= 15 is 0 Å². The summed E-state index contributed by atoms with van der Waals surface area (Å²) >= 11 is 0. The predicted molar refractivity (Wildman–Crippen MR) is 80.4 cm³/mol. The summed E-state index contributed by atoms with van der Waals surface area (Å²) in [6.45, 7) is 5.66. The van der Waals surface area contributed by atoms with Crippen LogP contribution in [0.25, 0.3) is 0 Å². The van der Waals surface area contributed by atoms with E-state index in [-0.39, 0.29) is 11.9 Å². The zero-order valence-corrected chi connectivity index (χ0v) is 12.2. The van der Waals surface area contributed by atoms with Gasteiger partial charge in [-0.1, -0.05) is 36.5 Å². The van der Waals surface area contributed by atoms with Crippen LogP contribution in [0.5, 0.6) is 0 Å². The average molecular weight is 276 g/mol. The van der Waals surface area contributed by atoms with Gasteiger partial charge in [-0.25, -0.2) is 0 Å². The molecule has 2 aliphatic rings. The van der Waals surface area contributed by atoms with Gasteiger partial charge in [0, 0.05) is 38.6 Å². The summed E-state index contributed by atoms with van der Waals surface area (Å²) in [5.41, 5.74) is 0. The Labute approximate surface area is 121 Å². The summed E-state index contributed by atoms with van der Waals surface area (Å²) in [5, 5.41) is 0. The molecule has 110 valence electrons. The van der Waals surface area contributed by atoms with Crippen molar-refractivity contribution in [2.75, 3.05) is 46.4 Å². The lowest BCUT2D eigenvalue weighted by molar-refractivity contribution is -0.144. The van der Waals surface area contributed by atoms with E-state index in [1.165, 1.54) is 0 Å². The number of nitrogens with zero attached hydrogens (tertiary/aromatic N) is 2. The van der Waals surface area contributed by atoms with Crippen LogP contribution in [0, 0.1) is 5.92 Å². The first kappa shape index (κ1) is 15.0. The highest BCUT2D eigenvalue weighted by Gasteiger charge is 2.14. The minimum Gasteiger partial charge on any atom is -0.464 e. The summed E-state index contributed by atoms with van der Waals surface area (Å²) in [5.74, 6) is 0.0430. The summed E-state index contributed by atoms with van der Waals surface area (Å²) in [6, 6.07) is 0. The first-order valence-corrected chi connectivity index (χ1v) is 7.32. The number of carbonyl (C=O) groups is 1. The highest BCUT2D eigenvalue weighted by atomic mass is 16.5. The minimum atomic E-state index is -0.111. The van der Waals surface area contributed by atoms with Gasteiger partial charge in [0.2, 0.25) is 0 Å². The molecule has 1 fully saturated rings. The molecule has 0 aromatic heterocycles. The van der Waals surface area contributed by atoms with Gasteiger partial charge in [0.1, 0.15) is 6.61 Å². The molecule has 0 N–H and O–H groups in total. The van der Waals surface area contributed by atoms with Crippen LogP contribution in [0.4, 0.5) is 0 Å². The topological polar surface area (TPSA) is 32.8 Å². The molecule has 1 heterocycles. The van der Waals surface area contributed by atoms with Gasteiger partial charge >= 0.3 is 5.97 Å². The molecule has 0 aromatic rings. The number of hydrogen-bond donors (Lipinski definition) is 0. The number of hydrogen-bond acceptors (Lipinski definition) is 4. The van der Waals surface area contributed by atoms with Gasteiger partial charge in [0.15, 0.2) is 0 Å². The third kappa shape index (κ3) is 5.31. The molecule has 0 unspecified atom stereocenters. The predicted octanol–water partition coefficient (Wildman–Crippen LogP) is 1.47. The van der Waals surface area contributed by atoms with Crippen LogP contribution in [0.15, 0.2) is 36.5 Å². The Morgan fingerprint density at radius 2 is 1.75 bits per heavy atom. The van der Waals surface area contributed by atoms with Crippen molar-refractivity contribution in [3.8, 4) is 0 Å². The summed E-state index contributed by atoms with van der Waals surface area (Å²) < 4.78 is 5.33. The molecule has 0 aromatic carbocycles. The fourth-order valence-electron chi connectivity index (χ4n) is 2.35. The fourth-order valence-corrected chi connectivity index (χ4v) is 2.35. The SMILES string of the molecule is CN1CCN(CCOC(=O)CC2C=CC=CC=C2)CC1. The van der Waals surface area contributed by atoms with E-state index in [2.05, 4.69) is 16.8 Å². The first-order chi connectivity index (χ1) is 9.74. The van der Waals surface area contributed by atoms with E-state index in [1.807, 2.05) is 36.5 Å². The second kappa shape index (κ2) is 8.02. The van der Waals surface area contributed by atoms with Crippen molar-refractivity contribution in [3.05, 3.63) is 36.5 Å². The Kier molecular flexibility index (Phi) is 6.02. The molecule has 4 heteroatoms. The Bertz CT molecular complexity index is 377. The summed E-state index contributed by atoms with van der Waals surface area (Å²) in [6.07, 6.45) is 12.4. The number of piperazine rings is 1. The maximum absolute atomic E-state index is 11.8. The van der Waals surface area contributed by atoms with Crippen LogP contribution >= 0.6 is 0 Å².